The fraction of sp³-hybridized carbons (Fsp3) is 0.158. The highest BCUT2D eigenvalue weighted by Gasteiger charge is 2.40. The molecule has 0 aromatic heterocycles. The van der Waals surface area contributed by atoms with Gasteiger partial charge in [0.25, 0.3) is 0 Å². The Hall–Kier alpha value is -2.85. The molecule has 2 aliphatic heterocycles. The molecule has 4 rings (SSSR count). The van der Waals surface area contributed by atoms with Crippen molar-refractivity contribution in [1.82, 2.24) is 0 Å². The fourth-order valence-corrected chi connectivity index (χ4v) is 3.96. The van der Waals surface area contributed by atoms with E-state index < -0.39 is 5.25 Å². The molecule has 0 bridgehead atoms. The van der Waals surface area contributed by atoms with Gasteiger partial charge >= 0.3 is 0 Å². The van der Waals surface area contributed by atoms with Crippen LogP contribution < -0.4 is 20.1 Å². The van der Waals surface area contributed by atoms with Crippen LogP contribution in [-0.2, 0) is 9.59 Å². The Morgan fingerprint density at radius 1 is 1.17 bits per heavy atom. The zero-order valence-electron chi connectivity index (χ0n) is 14.9. The van der Waals surface area contributed by atoms with Crippen LogP contribution in [0.5, 0.6) is 11.5 Å². The highest BCUT2D eigenvalue weighted by atomic mass is 79.9. The van der Waals surface area contributed by atoms with Gasteiger partial charge in [0.1, 0.15) is 5.25 Å². The third-order valence-electron chi connectivity index (χ3n) is 4.21. The summed E-state index contributed by atoms with van der Waals surface area (Å²) in [4.78, 5) is 26.1. The number of amidine groups is 1. The summed E-state index contributed by atoms with van der Waals surface area (Å²) in [6.45, 7) is 0.198. The zero-order chi connectivity index (χ0) is 20.4. The number of fused-ring (bicyclic) bond motifs is 1. The van der Waals surface area contributed by atoms with Crippen LogP contribution in [-0.4, -0.2) is 35.2 Å². The number of hydrogen-bond acceptors (Lipinski definition) is 7. The Morgan fingerprint density at radius 3 is 2.72 bits per heavy atom. The average Bonchev–Trinajstić information content (AvgIpc) is 3.27. The van der Waals surface area contributed by atoms with Crippen LogP contribution in [0.4, 0.5) is 5.69 Å². The molecule has 2 aromatic carbocycles. The molecule has 148 valence electrons. The van der Waals surface area contributed by atoms with Crippen molar-refractivity contribution in [2.24, 2.45) is 15.9 Å². The van der Waals surface area contributed by atoms with Crippen molar-refractivity contribution in [3.8, 4) is 11.5 Å². The zero-order valence-corrected chi connectivity index (χ0v) is 17.4. The van der Waals surface area contributed by atoms with Crippen LogP contribution in [0.1, 0.15) is 12.0 Å². The van der Waals surface area contributed by atoms with Gasteiger partial charge < -0.3 is 15.2 Å². The molecule has 0 radical (unpaired) electrons. The van der Waals surface area contributed by atoms with E-state index in [9.17, 15) is 9.59 Å². The minimum atomic E-state index is -0.629. The number of anilines is 1. The minimum absolute atomic E-state index is 0.0572. The number of carbonyl (C=O) groups excluding carboxylic acids is 2. The van der Waals surface area contributed by atoms with Gasteiger partial charge in [0, 0.05) is 10.9 Å². The van der Waals surface area contributed by atoms with Gasteiger partial charge in [0.05, 0.1) is 11.9 Å². The summed E-state index contributed by atoms with van der Waals surface area (Å²) in [5, 5.41) is 7.33. The van der Waals surface area contributed by atoms with Gasteiger partial charge in [-0.3, -0.25) is 9.59 Å². The van der Waals surface area contributed by atoms with Crippen LogP contribution in [0.25, 0.3) is 0 Å². The van der Waals surface area contributed by atoms with Gasteiger partial charge in [0.15, 0.2) is 16.7 Å². The molecule has 1 atom stereocenters. The molecule has 0 aliphatic carbocycles. The summed E-state index contributed by atoms with van der Waals surface area (Å²) in [7, 11) is 0. The monoisotopic (exact) mass is 474 g/mol. The van der Waals surface area contributed by atoms with Gasteiger partial charge in [-0.25, -0.2) is 4.90 Å². The van der Waals surface area contributed by atoms with Crippen molar-refractivity contribution in [2.45, 2.75) is 11.7 Å². The maximum absolute atomic E-state index is 12.6. The van der Waals surface area contributed by atoms with Crippen LogP contribution in [0.2, 0.25) is 0 Å². The first-order chi connectivity index (χ1) is 14.0. The number of imide groups is 1. The van der Waals surface area contributed by atoms with Crippen LogP contribution in [0.15, 0.2) is 57.1 Å². The molecule has 10 heteroatoms. The highest BCUT2D eigenvalue weighted by Crippen LogP contribution is 2.32. The molecule has 0 spiro atoms. The molecule has 2 aliphatic rings. The number of rotatable bonds is 4. The molecule has 8 nitrogen and oxygen atoms in total. The van der Waals surface area contributed by atoms with E-state index in [-0.39, 0.29) is 30.2 Å². The Balaban J connectivity index is 1.40. The Bertz CT molecular complexity index is 1030. The molecule has 1 saturated heterocycles. The molecule has 2 N–H and O–H groups in total. The normalized spacial score (nSPS) is 18.9. The fourth-order valence-electron chi connectivity index (χ4n) is 2.87. The van der Waals surface area contributed by atoms with Crippen molar-refractivity contribution < 1.29 is 19.1 Å². The second kappa shape index (κ2) is 8.26. The van der Waals surface area contributed by atoms with Gasteiger partial charge in [-0.15, -0.1) is 5.10 Å². The summed E-state index contributed by atoms with van der Waals surface area (Å²) in [5.41, 5.74) is 7.18. The van der Waals surface area contributed by atoms with Crippen LogP contribution in [0.3, 0.4) is 0 Å². The van der Waals surface area contributed by atoms with Crippen molar-refractivity contribution in [2.75, 3.05) is 11.7 Å². The standard InChI is InChI=1S/C19H15BrN4O4S/c20-12-2-4-13(5-3-12)24-17(25)8-16(18(24)26)29-19(21)23-22-9-11-1-6-14-15(7-11)28-10-27-14/h1-7,9,16H,8,10H2,(H2,21,23). The summed E-state index contributed by atoms with van der Waals surface area (Å²) in [6.07, 6.45) is 1.58. The van der Waals surface area contributed by atoms with E-state index in [2.05, 4.69) is 26.1 Å². The molecule has 2 aromatic rings. The number of nitrogens with zero attached hydrogens (tertiary/aromatic N) is 3. The van der Waals surface area contributed by atoms with E-state index in [4.69, 9.17) is 15.2 Å². The summed E-state index contributed by atoms with van der Waals surface area (Å²) >= 11 is 4.36. The first-order valence-corrected chi connectivity index (χ1v) is 10.2. The van der Waals surface area contributed by atoms with E-state index in [1.807, 2.05) is 6.07 Å². The second-order valence-electron chi connectivity index (χ2n) is 6.15. The lowest BCUT2D eigenvalue weighted by atomic mass is 10.2. The quantitative estimate of drug-likeness (QED) is 0.316. The van der Waals surface area contributed by atoms with E-state index >= 15 is 0 Å². The molecule has 29 heavy (non-hydrogen) atoms. The van der Waals surface area contributed by atoms with E-state index in [0.717, 1.165) is 21.8 Å². The Labute approximate surface area is 178 Å². The first-order valence-electron chi connectivity index (χ1n) is 8.56. The second-order valence-corrected chi connectivity index (χ2v) is 8.29. The lowest BCUT2D eigenvalue weighted by molar-refractivity contribution is -0.121. The van der Waals surface area contributed by atoms with Crippen molar-refractivity contribution >= 4 is 56.6 Å². The maximum Gasteiger partial charge on any atom is 0.247 e. The largest absolute Gasteiger partial charge is 0.454 e. The number of thioether (sulfide) groups is 1. The lowest BCUT2D eigenvalue weighted by Gasteiger charge is -2.14. The smallest absolute Gasteiger partial charge is 0.247 e. The number of carbonyl (C=O) groups is 2. The topological polar surface area (TPSA) is 107 Å². The molecule has 1 fully saturated rings. The summed E-state index contributed by atoms with van der Waals surface area (Å²) < 4.78 is 11.4. The van der Waals surface area contributed by atoms with E-state index in [0.29, 0.717) is 17.2 Å². The predicted octanol–water partition coefficient (Wildman–Crippen LogP) is 2.89. The van der Waals surface area contributed by atoms with Gasteiger partial charge in [-0.2, -0.15) is 5.10 Å². The number of benzene rings is 2. The van der Waals surface area contributed by atoms with Gasteiger partial charge in [-0.1, -0.05) is 27.7 Å². The SMILES string of the molecule is NC(=NN=Cc1ccc2c(c1)OCO2)SC1CC(=O)N(c2ccc(Br)cc2)C1=O. The average molecular weight is 475 g/mol. The Morgan fingerprint density at radius 2 is 1.93 bits per heavy atom. The van der Waals surface area contributed by atoms with Crippen molar-refractivity contribution in [1.29, 1.82) is 0 Å². The highest BCUT2D eigenvalue weighted by molar-refractivity contribution is 9.10. The third kappa shape index (κ3) is 4.28. The number of ether oxygens (including phenoxy) is 2. The minimum Gasteiger partial charge on any atom is -0.454 e. The molecular formula is C19H15BrN4O4S. The number of halogens is 1. The molecule has 1 unspecified atom stereocenters. The number of nitrogens with two attached hydrogens (primary N) is 1. The molecule has 2 heterocycles. The van der Waals surface area contributed by atoms with Crippen molar-refractivity contribution in [3.63, 3.8) is 0 Å². The number of hydrogen-bond donors (Lipinski definition) is 1. The first kappa shape index (κ1) is 19.5. The van der Waals surface area contributed by atoms with Gasteiger partial charge in [-0.05, 0) is 48.0 Å². The molecular weight excluding hydrogens is 460 g/mol. The van der Waals surface area contributed by atoms with E-state index in [1.54, 1.807) is 36.4 Å². The van der Waals surface area contributed by atoms with Crippen LogP contribution >= 0.6 is 27.7 Å². The summed E-state index contributed by atoms with van der Waals surface area (Å²) in [5.74, 6) is 0.732. The number of amides is 2. The predicted molar refractivity (Wildman–Crippen MR) is 114 cm³/mol. The lowest BCUT2D eigenvalue weighted by Crippen LogP contribution is -2.31. The van der Waals surface area contributed by atoms with Crippen molar-refractivity contribution in [3.05, 3.63) is 52.5 Å². The molecule has 0 saturated carbocycles. The van der Waals surface area contributed by atoms with Gasteiger partial charge in [0.2, 0.25) is 18.6 Å². The maximum atomic E-state index is 12.6. The molecule has 2 amide bonds. The van der Waals surface area contributed by atoms with E-state index in [1.165, 1.54) is 11.1 Å². The third-order valence-corrected chi connectivity index (χ3v) is 5.72. The Kier molecular flexibility index (Phi) is 5.54. The summed E-state index contributed by atoms with van der Waals surface area (Å²) in [6, 6.07) is 12.3. The van der Waals surface area contributed by atoms with Crippen LogP contribution in [0, 0.1) is 0 Å².